The van der Waals surface area contributed by atoms with E-state index in [0.29, 0.717) is 5.82 Å². The van der Waals surface area contributed by atoms with E-state index >= 15 is 0 Å². The summed E-state index contributed by atoms with van der Waals surface area (Å²) >= 11 is 0. The van der Waals surface area contributed by atoms with Gasteiger partial charge in [-0.1, -0.05) is 50.6 Å². The maximum Gasteiger partial charge on any atom is 0.138 e. The molecular formula is C17H24N4. The Balaban J connectivity index is 2.23. The average molecular weight is 284 g/mol. The first kappa shape index (κ1) is 15.3. The molecule has 2 rings (SSSR count). The van der Waals surface area contributed by atoms with Crippen LogP contribution in [0.25, 0.3) is 0 Å². The molecule has 0 fully saturated rings. The molecule has 0 aliphatic rings. The van der Waals surface area contributed by atoms with Gasteiger partial charge >= 0.3 is 0 Å². The van der Waals surface area contributed by atoms with Crippen LogP contribution in [-0.2, 0) is 5.41 Å². The zero-order chi connectivity index (χ0) is 15.6. The van der Waals surface area contributed by atoms with Gasteiger partial charge in [0, 0.05) is 17.5 Å². The Morgan fingerprint density at radius 2 is 1.71 bits per heavy atom. The lowest BCUT2D eigenvalue weighted by molar-refractivity contribution is 0.546. The fourth-order valence-electron chi connectivity index (χ4n) is 2.04. The van der Waals surface area contributed by atoms with Crippen molar-refractivity contribution in [3.8, 4) is 0 Å². The number of hydrogen-bond acceptors (Lipinski definition) is 4. The molecule has 1 unspecified atom stereocenters. The van der Waals surface area contributed by atoms with E-state index in [4.69, 9.17) is 5.73 Å². The maximum atomic E-state index is 5.90. The second-order valence-corrected chi connectivity index (χ2v) is 6.53. The van der Waals surface area contributed by atoms with E-state index in [1.807, 2.05) is 0 Å². The van der Waals surface area contributed by atoms with E-state index in [9.17, 15) is 0 Å². The molecule has 1 heterocycles. The third-order valence-electron chi connectivity index (χ3n) is 3.36. The van der Waals surface area contributed by atoms with Gasteiger partial charge in [-0.25, -0.2) is 9.97 Å². The van der Waals surface area contributed by atoms with Gasteiger partial charge < -0.3 is 11.1 Å². The molecule has 0 saturated carbocycles. The minimum Gasteiger partial charge on any atom is -0.384 e. The molecule has 0 bridgehead atoms. The van der Waals surface area contributed by atoms with Crippen LogP contribution in [0.3, 0.4) is 0 Å². The van der Waals surface area contributed by atoms with Crippen molar-refractivity contribution in [1.82, 2.24) is 9.97 Å². The number of nitrogens with two attached hydrogens (primary N) is 1. The van der Waals surface area contributed by atoms with Crippen molar-refractivity contribution in [2.45, 2.75) is 46.1 Å². The highest BCUT2D eigenvalue weighted by Crippen LogP contribution is 2.24. The van der Waals surface area contributed by atoms with E-state index < -0.39 is 0 Å². The molecule has 1 aromatic heterocycles. The van der Waals surface area contributed by atoms with Crippen LogP contribution in [0.2, 0.25) is 0 Å². The molecule has 0 aliphatic heterocycles. The third kappa shape index (κ3) is 3.94. The molecule has 1 atom stereocenters. The van der Waals surface area contributed by atoms with E-state index in [2.05, 4.69) is 74.2 Å². The molecule has 0 amide bonds. The number of nitrogens with zero attached hydrogens (tertiary/aromatic N) is 2. The average Bonchev–Trinajstić information content (AvgIpc) is 2.37. The van der Waals surface area contributed by atoms with Gasteiger partial charge in [-0.15, -0.1) is 0 Å². The Morgan fingerprint density at radius 3 is 2.29 bits per heavy atom. The molecule has 3 N–H and O–H groups in total. The van der Waals surface area contributed by atoms with Crippen molar-refractivity contribution in [3.63, 3.8) is 0 Å². The highest BCUT2D eigenvalue weighted by Gasteiger charge is 2.19. The molecule has 0 radical (unpaired) electrons. The molecular weight excluding hydrogens is 260 g/mol. The normalized spacial score (nSPS) is 13.0. The zero-order valence-corrected chi connectivity index (χ0v) is 13.4. The van der Waals surface area contributed by atoms with E-state index in [0.717, 1.165) is 11.6 Å². The number of aryl methyl sites for hydroxylation is 1. The van der Waals surface area contributed by atoms with Gasteiger partial charge in [0.2, 0.25) is 0 Å². The first-order valence-corrected chi connectivity index (χ1v) is 7.24. The van der Waals surface area contributed by atoms with Gasteiger partial charge in [-0.05, 0) is 19.4 Å². The summed E-state index contributed by atoms with van der Waals surface area (Å²) < 4.78 is 0. The van der Waals surface area contributed by atoms with Crippen molar-refractivity contribution >= 4 is 11.6 Å². The number of anilines is 2. The summed E-state index contributed by atoms with van der Waals surface area (Å²) in [6.07, 6.45) is 0. The van der Waals surface area contributed by atoms with Crippen LogP contribution in [0.15, 0.2) is 30.3 Å². The molecule has 0 saturated heterocycles. The summed E-state index contributed by atoms with van der Waals surface area (Å²) in [5, 5.41) is 3.40. The number of nitrogen functional groups attached to an aromatic ring is 1. The fraction of sp³-hybridized carbons (Fsp3) is 0.412. The standard InChI is InChI=1S/C17H24N4/c1-11-6-8-13(9-7-11)12(2)19-15-10-14(18)20-16(21-15)17(3,4)5/h6-10,12H,1-5H3,(H3,18,19,20,21). The van der Waals surface area contributed by atoms with Crippen LogP contribution in [0.4, 0.5) is 11.6 Å². The predicted octanol–water partition coefficient (Wildman–Crippen LogP) is 3.84. The minimum absolute atomic E-state index is 0.126. The van der Waals surface area contributed by atoms with E-state index in [1.165, 1.54) is 11.1 Å². The monoisotopic (exact) mass is 284 g/mol. The topological polar surface area (TPSA) is 63.8 Å². The zero-order valence-electron chi connectivity index (χ0n) is 13.4. The van der Waals surface area contributed by atoms with Crippen LogP contribution in [0, 0.1) is 6.92 Å². The Kier molecular flexibility index (Phi) is 4.16. The lowest BCUT2D eigenvalue weighted by Crippen LogP contribution is -2.19. The van der Waals surface area contributed by atoms with Crippen LogP contribution in [0.5, 0.6) is 0 Å². The Labute approximate surface area is 126 Å². The molecule has 21 heavy (non-hydrogen) atoms. The maximum absolute atomic E-state index is 5.90. The number of nitrogens with one attached hydrogen (secondary N) is 1. The SMILES string of the molecule is Cc1ccc(C(C)Nc2cc(N)nc(C(C)(C)C)n2)cc1. The molecule has 4 nitrogen and oxygen atoms in total. The quantitative estimate of drug-likeness (QED) is 0.899. The van der Waals surface area contributed by atoms with Gasteiger partial charge in [0.1, 0.15) is 17.5 Å². The van der Waals surface area contributed by atoms with Gasteiger partial charge in [-0.2, -0.15) is 0 Å². The number of hydrogen-bond donors (Lipinski definition) is 2. The Hall–Kier alpha value is -2.10. The summed E-state index contributed by atoms with van der Waals surface area (Å²) in [7, 11) is 0. The molecule has 2 aromatic rings. The molecule has 1 aromatic carbocycles. The van der Waals surface area contributed by atoms with Gasteiger partial charge in [0.15, 0.2) is 0 Å². The summed E-state index contributed by atoms with van der Waals surface area (Å²) in [5.74, 6) is 2.01. The first-order valence-electron chi connectivity index (χ1n) is 7.24. The highest BCUT2D eigenvalue weighted by atomic mass is 15.1. The second-order valence-electron chi connectivity index (χ2n) is 6.53. The predicted molar refractivity (Wildman–Crippen MR) is 88.4 cm³/mol. The summed E-state index contributed by atoms with van der Waals surface area (Å²) in [4.78, 5) is 8.91. The second kappa shape index (κ2) is 5.72. The third-order valence-corrected chi connectivity index (χ3v) is 3.36. The minimum atomic E-state index is -0.126. The Morgan fingerprint density at radius 1 is 1.10 bits per heavy atom. The number of rotatable bonds is 3. The smallest absolute Gasteiger partial charge is 0.138 e. The molecule has 112 valence electrons. The lowest BCUT2D eigenvalue weighted by atomic mass is 9.96. The summed E-state index contributed by atoms with van der Waals surface area (Å²) in [6, 6.07) is 10.4. The van der Waals surface area contributed by atoms with Gasteiger partial charge in [0.25, 0.3) is 0 Å². The number of aromatic nitrogens is 2. The lowest BCUT2D eigenvalue weighted by Gasteiger charge is -2.20. The van der Waals surface area contributed by atoms with Crippen LogP contribution in [-0.4, -0.2) is 9.97 Å². The van der Waals surface area contributed by atoms with Crippen molar-refractivity contribution in [3.05, 3.63) is 47.3 Å². The largest absolute Gasteiger partial charge is 0.384 e. The van der Waals surface area contributed by atoms with Crippen molar-refractivity contribution in [2.75, 3.05) is 11.1 Å². The van der Waals surface area contributed by atoms with E-state index in [-0.39, 0.29) is 11.5 Å². The van der Waals surface area contributed by atoms with Crippen molar-refractivity contribution < 1.29 is 0 Å². The van der Waals surface area contributed by atoms with Crippen molar-refractivity contribution in [1.29, 1.82) is 0 Å². The van der Waals surface area contributed by atoms with Crippen LogP contribution >= 0.6 is 0 Å². The fourth-order valence-corrected chi connectivity index (χ4v) is 2.04. The first-order chi connectivity index (χ1) is 9.75. The molecule has 0 spiro atoms. The van der Waals surface area contributed by atoms with Gasteiger partial charge in [-0.3, -0.25) is 0 Å². The van der Waals surface area contributed by atoms with Crippen LogP contribution < -0.4 is 11.1 Å². The highest BCUT2D eigenvalue weighted by molar-refractivity contribution is 5.47. The van der Waals surface area contributed by atoms with Crippen molar-refractivity contribution in [2.24, 2.45) is 0 Å². The summed E-state index contributed by atoms with van der Waals surface area (Å²) in [6.45, 7) is 10.4. The van der Waals surface area contributed by atoms with E-state index in [1.54, 1.807) is 6.07 Å². The molecule has 0 aliphatic carbocycles. The van der Waals surface area contributed by atoms with Crippen LogP contribution in [0.1, 0.15) is 50.7 Å². The number of benzene rings is 1. The van der Waals surface area contributed by atoms with Gasteiger partial charge in [0.05, 0.1) is 0 Å². The summed E-state index contributed by atoms with van der Waals surface area (Å²) in [5.41, 5.74) is 8.25. The Bertz CT molecular complexity index is 612. The molecule has 4 heteroatoms.